The summed E-state index contributed by atoms with van der Waals surface area (Å²) < 4.78 is 5.20. The topological polar surface area (TPSA) is 50.4 Å². The molecule has 4 nitrogen and oxygen atoms in total. The number of hydrogen-bond donors (Lipinski definition) is 2. The number of hydrogen-bond acceptors (Lipinski definition) is 3. The van der Waals surface area contributed by atoms with Gasteiger partial charge < -0.3 is 15.4 Å². The third-order valence-corrected chi connectivity index (χ3v) is 2.77. The van der Waals surface area contributed by atoms with Gasteiger partial charge in [-0.2, -0.15) is 0 Å². The maximum atomic E-state index is 11.3. The van der Waals surface area contributed by atoms with Gasteiger partial charge in [-0.15, -0.1) is 0 Å². The number of nitrogens with one attached hydrogen (secondary N) is 2. The van der Waals surface area contributed by atoms with E-state index in [-0.39, 0.29) is 5.91 Å². The number of amides is 1. The first kappa shape index (κ1) is 9.93. The van der Waals surface area contributed by atoms with E-state index < -0.39 is 0 Å². The molecule has 1 amide bonds. The van der Waals surface area contributed by atoms with E-state index in [1.807, 2.05) is 0 Å². The zero-order valence-electron chi connectivity index (χ0n) is 8.42. The van der Waals surface area contributed by atoms with Crippen molar-refractivity contribution < 1.29 is 9.53 Å². The molecule has 0 aromatic carbocycles. The lowest BCUT2D eigenvalue weighted by atomic mass is 10.2. The summed E-state index contributed by atoms with van der Waals surface area (Å²) in [7, 11) is 0. The van der Waals surface area contributed by atoms with Crippen LogP contribution in [0.25, 0.3) is 0 Å². The SMILES string of the molecule is O=C(CNC1CCOC1)NCC1CC1. The highest BCUT2D eigenvalue weighted by molar-refractivity contribution is 5.78. The Morgan fingerprint density at radius 2 is 2.21 bits per heavy atom. The Hall–Kier alpha value is -0.610. The van der Waals surface area contributed by atoms with Gasteiger partial charge in [-0.1, -0.05) is 0 Å². The van der Waals surface area contributed by atoms with Gasteiger partial charge in [0.1, 0.15) is 0 Å². The van der Waals surface area contributed by atoms with Gasteiger partial charge in [0.05, 0.1) is 13.2 Å². The summed E-state index contributed by atoms with van der Waals surface area (Å²) in [5.41, 5.74) is 0. The summed E-state index contributed by atoms with van der Waals surface area (Å²) in [6, 6.07) is 0.377. The van der Waals surface area contributed by atoms with Gasteiger partial charge in [0.25, 0.3) is 0 Å². The highest BCUT2D eigenvalue weighted by Gasteiger charge is 2.22. The normalized spacial score (nSPS) is 26.4. The van der Waals surface area contributed by atoms with Crippen molar-refractivity contribution in [3.8, 4) is 0 Å². The molecule has 2 aliphatic rings. The Bertz CT molecular complexity index is 198. The predicted octanol–water partition coefficient (Wildman–Crippen LogP) is -0.109. The van der Waals surface area contributed by atoms with E-state index in [9.17, 15) is 4.79 Å². The molecule has 1 saturated carbocycles. The molecule has 2 N–H and O–H groups in total. The van der Waals surface area contributed by atoms with E-state index in [2.05, 4.69) is 10.6 Å². The van der Waals surface area contributed by atoms with Crippen LogP contribution in [0.4, 0.5) is 0 Å². The molecule has 80 valence electrons. The fraction of sp³-hybridized carbons (Fsp3) is 0.900. The highest BCUT2D eigenvalue weighted by atomic mass is 16.5. The van der Waals surface area contributed by atoms with Crippen LogP contribution in [0.5, 0.6) is 0 Å². The molecule has 2 rings (SSSR count). The average Bonchev–Trinajstić information content (AvgIpc) is 2.87. The Morgan fingerprint density at radius 1 is 1.36 bits per heavy atom. The van der Waals surface area contributed by atoms with Crippen molar-refractivity contribution in [2.24, 2.45) is 5.92 Å². The molecule has 1 unspecified atom stereocenters. The maximum absolute atomic E-state index is 11.3. The van der Waals surface area contributed by atoms with E-state index in [0.717, 1.165) is 32.1 Å². The molecule has 0 spiro atoms. The summed E-state index contributed by atoms with van der Waals surface area (Å²) in [5.74, 6) is 0.873. The predicted molar refractivity (Wildman–Crippen MR) is 53.0 cm³/mol. The van der Waals surface area contributed by atoms with Crippen LogP contribution in [0.15, 0.2) is 0 Å². The lowest BCUT2D eigenvalue weighted by Gasteiger charge is -2.10. The molecular formula is C10H18N2O2. The van der Waals surface area contributed by atoms with Crippen LogP contribution in [0.1, 0.15) is 19.3 Å². The van der Waals surface area contributed by atoms with E-state index in [0.29, 0.717) is 12.6 Å². The van der Waals surface area contributed by atoms with Gasteiger partial charge >= 0.3 is 0 Å². The van der Waals surface area contributed by atoms with Crippen molar-refractivity contribution in [1.82, 2.24) is 10.6 Å². The Balaban J connectivity index is 1.52. The zero-order valence-corrected chi connectivity index (χ0v) is 8.42. The Morgan fingerprint density at radius 3 is 2.86 bits per heavy atom. The van der Waals surface area contributed by atoms with E-state index >= 15 is 0 Å². The fourth-order valence-corrected chi connectivity index (χ4v) is 1.58. The van der Waals surface area contributed by atoms with Crippen LogP contribution in [0, 0.1) is 5.92 Å². The zero-order chi connectivity index (χ0) is 9.80. The molecule has 1 aliphatic heterocycles. The lowest BCUT2D eigenvalue weighted by Crippen LogP contribution is -2.40. The van der Waals surface area contributed by atoms with Gasteiger partial charge in [-0.05, 0) is 25.2 Å². The smallest absolute Gasteiger partial charge is 0.233 e. The first-order chi connectivity index (χ1) is 6.84. The largest absolute Gasteiger partial charge is 0.380 e. The van der Waals surface area contributed by atoms with Crippen molar-refractivity contribution in [3.05, 3.63) is 0 Å². The minimum atomic E-state index is 0.115. The van der Waals surface area contributed by atoms with Gasteiger partial charge in [0, 0.05) is 19.2 Å². The quantitative estimate of drug-likeness (QED) is 0.648. The molecule has 1 saturated heterocycles. The molecule has 1 aliphatic carbocycles. The number of ether oxygens (including phenoxy) is 1. The molecule has 2 fully saturated rings. The number of carbonyl (C=O) groups is 1. The molecule has 0 bridgehead atoms. The monoisotopic (exact) mass is 198 g/mol. The first-order valence-corrected chi connectivity index (χ1v) is 5.42. The first-order valence-electron chi connectivity index (χ1n) is 5.42. The summed E-state index contributed by atoms with van der Waals surface area (Å²) >= 11 is 0. The van der Waals surface area contributed by atoms with Crippen LogP contribution >= 0.6 is 0 Å². The molecule has 4 heteroatoms. The van der Waals surface area contributed by atoms with Gasteiger partial charge in [-0.25, -0.2) is 0 Å². The third-order valence-electron chi connectivity index (χ3n) is 2.77. The lowest BCUT2D eigenvalue weighted by molar-refractivity contribution is -0.120. The second-order valence-electron chi connectivity index (χ2n) is 4.19. The van der Waals surface area contributed by atoms with Crippen LogP contribution in [0.3, 0.4) is 0 Å². The molecule has 1 heterocycles. The standard InChI is InChI=1S/C10H18N2O2/c13-10(12-5-8-1-2-8)6-11-9-3-4-14-7-9/h8-9,11H,1-7H2,(H,12,13). The molecule has 1 atom stereocenters. The molecule has 0 radical (unpaired) electrons. The maximum Gasteiger partial charge on any atom is 0.233 e. The van der Waals surface area contributed by atoms with E-state index in [1.54, 1.807) is 0 Å². The summed E-state index contributed by atoms with van der Waals surface area (Å²) in [4.78, 5) is 11.3. The summed E-state index contributed by atoms with van der Waals surface area (Å²) in [6.45, 7) is 2.86. The summed E-state index contributed by atoms with van der Waals surface area (Å²) in [6.07, 6.45) is 3.59. The fourth-order valence-electron chi connectivity index (χ4n) is 1.58. The minimum absolute atomic E-state index is 0.115. The van der Waals surface area contributed by atoms with Crippen LogP contribution in [0.2, 0.25) is 0 Å². The second-order valence-corrected chi connectivity index (χ2v) is 4.19. The second kappa shape index (κ2) is 4.75. The number of carbonyl (C=O) groups excluding carboxylic acids is 1. The van der Waals surface area contributed by atoms with Crippen molar-refractivity contribution in [2.75, 3.05) is 26.3 Å². The minimum Gasteiger partial charge on any atom is -0.380 e. The molecule has 0 aromatic rings. The molecular weight excluding hydrogens is 180 g/mol. The highest BCUT2D eigenvalue weighted by Crippen LogP contribution is 2.27. The Kier molecular flexibility index (Phi) is 3.37. The Labute approximate surface area is 84.4 Å². The van der Waals surface area contributed by atoms with Gasteiger partial charge in [0.2, 0.25) is 5.91 Å². The average molecular weight is 198 g/mol. The van der Waals surface area contributed by atoms with Crippen LogP contribution in [-0.2, 0) is 9.53 Å². The molecule has 0 aromatic heterocycles. The summed E-state index contributed by atoms with van der Waals surface area (Å²) in [5, 5.41) is 6.11. The van der Waals surface area contributed by atoms with Gasteiger partial charge in [0.15, 0.2) is 0 Å². The van der Waals surface area contributed by atoms with Crippen molar-refractivity contribution in [2.45, 2.75) is 25.3 Å². The van der Waals surface area contributed by atoms with Crippen molar-refractivity contribution in [3.63, 3.8) is 0 Å². The van der Waals surface area contributed by atoms with Crippen molar-refractivity contribution in [1.29, 1.82) is 0 Å². The molecule has 14 heavy (non-hydrogen) atoms. The van der Waals surface area contributed by atoms with E-state index in [4.69, 9.17) is 4.74 Å². The third kappa shape index (κ3) is 3.27. The van der Waals surface area contributed by atoms with Gasteiger partial charge in [-0.3, -0.25) is 4.79 Å². The van der Waals surface area contributed by atoms with Crippen LogP contribution in [-0.4, -0.2) is 38.3 Å². The van der Waals surface area contributed by atoms with Crippen molar-refractivity contribution >= 4 is 5.91 Å². The van der Waals surface area contributed by atoms with E-state index in [1.165, 1.54) is 12.8 Å². The number of rotatable bonds is 5. The van der Waals surface area contributed by atoms with Crippen LogP contribution < -0.4 is 10.6 Å².